The third kappa shape index (κ3) is 3.36. The fourth-order valence-electron chi connectivity index (χ4n) is 2.09. The van der Waals surface area contributed by atoms with E-state index >= 15 is 0 Å². The van der Waals surface area contributed by atoms with Gasteiger partial charge in [0.05, 0.1) is 0 Å². The molecule has 2 heterocycles. The number of carbonyl (C=O) groups is 1. The lowest BCUT2D eigenvalue weighted by Crippen LogP contribution is -2.33. The molecular weight excluding hydrogens is 350 g/mol. The number of halogens is 1. The van der Waals surface area contributed by atoms with E-state index < -0.39 is 10.0 Å². The standard InChI is InChI=1S/C10H16BrN5O3S/c1-15-10(9(11)13-14-15)20(18,19)12-5-4-8(17)16-6-2-3-7-16/h12H,2-7H2,1H3. The minimum Gasteiger partial charge on any atom is -0.343 e. The van der Waals surface area contributed by atoms with Gasteiger partial charge >= 0.3 is 0 Å². The van der Waals surface area contributed by atoms with Crippen LogP contribution in [0.5, 0.6) is 0 Å². The van der Waals surface area contributed by atoms with Crippen LogP contribution in [0.15, 0.2) is 9.63 Å². The van der Waals surface area contributed by atoms with Crippen molar-refractivity contribution in [1.82, 2.24) is 24.6 Å². The topological polar surface area (TPSA) is 97.2 Å². The molecule has 1 aliphatic rings. The highest BCUT2D eigenvalue weighted by molar-refractivity contribution is 9.10. The molecule has 0 bridgehead atoms. The van der Waals surface area contributed by atoms with Gasteiger partial charge in [-0.25, -0.2) is 17.8 Å². The van der Waals surface area contributed by atoms with E-state index in [2.05, 4.69) is 31.0 Å². The van der Waals surface area contributed by atoms with Crippen LogP contribution in [0.1, 0.15) is 19.3 Å². The van der Waals surface area contributed by atoms with Gasteiger partial charge in [0.15, 0.2) is 4.60 Å². The van der Waals surface area contributed by atoms with Crippen molar-refractivity contribution >= 4 is 31.9 Å². The van der Waals surface area contributed by atoms with Gasteiger partial charge < -0.3 is 4.90 Å². The van der Waals surface area contributed by atoms with Gasteiger partial charge in [0.25, 0.3) is 10.0 Å². The van der Waals surface area contributed by atoms with E-state index in [0.29, 0.717) is 0 Å². The second-order valence-electron chi connectivity index (χ2n) is 4.54. The number of aryl methyl sites for hydroxylation is 1. The largest absolute Gasteiger partial charge is 0.343 e. The average molecular weight is 366 g/mol. The molecule has 0 unspecified atom stereocenters. The Morgan fingerprint density at radius 1 is 1.40 bits per heavy atom. The van der Waals surface area contributed by atoms with Crippen molar-refractivity contribution in [3.63, 3.8) is 0 Å². The zero-order valence-electron chi connectivity index (χ0n) is 11.0. The molecule has 8 nitrogen and oxygen atoms in total. The molecule has 0 saturated carbocycles. The number of likely N-dealkylation sites (tertiary alicyclic amines) is 1. The Morgan fingerprint density at radius 2 is 2.05 bits per heavy atom. The molecule has 0 aromatic carbocycles. The van der Waals surface area contributed by atoms with Crippen LogP contribution >= 0.6 is 15.9 Å². The molecule has 1 aliphatic heterocycles. The van der Waals surface area contributed by atoms with E-state index in [1.165, 1.54) is 7.05 Å². The first-order chi connectivity index (χ1) is 9.42. The van der Waals surface area contributed by atoms with E-state index in [0.717, 1.165) is 30.6 Å². The molecule has 0 spiro atoms. The zero-order valence-corrected chi connectivity index (χ0v) is 13.4. The SMILES string of the molecule is Cn1nnc(Br)c1S(=O)(=O)NCCC(=O)N1CCCC1. The third-order valence-corrected chi connectivity index (χ3v) is 5.43. The molecule has 1 fully saturated rings. The summed E-state index contributed by atoms with van der Waals surface area (Å²) in [6, 6.07) is 0. The number of aromatic nitrogens is 3. The molecular formula is C10H16BrN5O3S. The normalized spacial score (nSPS) is 15.8. The second-order valence-corrected chi connectivity index (χ2v) is 6.98. The van der Waals surface area contributed by atoms with Crippen molar-refractivity contribution in [1.29, 1.82) is 0 Å². The summed E-state index contributed by atoms with van der Waals surface area (Å²) in [6.45, 7) is 1.60. The molecule has 1 aromatic heterocycles. The van der Waals surface area contributed by atoms with Gasteiger partial charge in [0, 0.05) is 33.1 Å². The van der Waals surface area contributed by atoms with Crippen molar-refractivity contribution in [2.75, 3.05) is 19.6 Å². The second kappa shape index (κ2) is 6.19. The molecule has 1 aromatic rings. The average Bonchev–Trinajstić information content (AvgIpc) is 2.99. The molecule has 20 heavy (non-hydrogen) atoms. The van der Waals surface area contributed by atoms with Gasteiger partial charge in [-0.3, -0.25) is 4.79 Å². The summed E-state index contributed by atoms with van der Waals surface area (Å²) in [7, 11) is -2.24. The van der Waals surface area contributed by atoms with E-state index in [9.17, 15) is 13.2 Å². The first kappa shape index (κ1) is 15.4. The van der Waals surface area contributed by atoms with Gasteiger partial charge in [0.1, 0.15) is 0 Å². The highest BCUT2D eigenvalue weighted by Crippen LogP contribution is 2.17. The maximum absolute atomic E-state index is 12.1. The van der Waals surface area contributed by atoms with Gasteiger partial charge in [-0.05, 0) is 28.8 Å². The van der Waals surface area contributed by atoms with Crippen LogP contribution in [0.2, 0.25) is 0 Å². The summed E-state index contributed by atoms with van der Waals surface area (Å²) in [5.41, 5.74) is 0. The van der Waals surface area contributed by atoms with Gasteiger partial charge in [-0.1, -0.05) is 5.21 Å². The summed E-state index contributed by atoms with van der Waals surface area (Å²) in [6.07, 6.45) is 2.19. The minimum atomic E-state index is -3.73. The molecule has 2 rings (SSSR count). The molecule has 0 radical (unpaired) electrons. The predicted molar refractivity (Wildman–Crippen MR) is 74.3 cm³/mol. The number of hydrogen-bond donors (Lipinski definition) is 1. The Morgan fingerprint density at radius 3 is 2.60 bits per heavy atom. The van der Waals surface area contributed by atoms with E-state index in [4.69, 9.17) is 0 Å². The maximum Gasteiger partial charge on any atom is 0.260 e. The number of hydrogen-bond acceptors (Lipinski definition) is 5. The van der Waals surface area contributed by atoms with Crippen molar-refractivity contribution in [2.45, 2.75) is 24.3 Å². The quantitative estimate of drug-likeness (QED) is 0.783. The summed E-state index contributed by atoms with van der Waals surface area (Å²) in [5, 5.41) is 7.19. The Balaban J connectivity index is 1.91. The first-order valence-electron chi connectivity index (χ1n) is 6.24. The van der Waals surface area contributed by atoms with Crippen LogP contribution in [0.25, 0.3) is 0 Å². The molecule has 0 aliphatic carbocycles. The summed E-state index contributed by atoms with van der Waals surface area (Å²) < 4.78 is 27.8. The Hall–Kier alpha value is -1.00. The van der Waals surface area contributed by atoms with Gasteiger partial charge in [0.2, 0.25) is 10.9 Å². The Kier molecular flexibility index (Phi) is 4.76. The van der Waals surface area contributed by atoms with Crippen molar-refractivity contribution in [3.8, 4) is 0 Å². The molecule has 1 amide bonds. The van der Waals surface area contributed by atoms with Crippen molar-refractivity contribution in [2.24, 2.45) is 7.05 Å². The molecule has 0 atom stereocenters. The van der Waals surface area contributed by atoms with Crippen molar-refractivity contribution in [3.05, 3.63) is 4.60 Å². The number of nitrogens with zero attached hydrogens (tertiary/aromatic N) is 4. The first-order valence-corrected chi connectivity index (χ1v) is 8.52. The fourth-order valence-corrected chi connectivity index (χ4v) is 4.21. The van der Waals surface area contributed by atoms with E-state index in [1.54, 1.807) is 4.90 Å². The van der Waals surface area contributed by atoms with Crippen LogP contribution in [0, 0.1) is 0 Å². The Labute approximate surface area is 125 Å². The van der Waals surface area contributed by atoms with Crippen LogP contribution in [-0.2, 0) is 21.9 Å². The van der Waals surface area contributed by atoms with Gasteiger partial charge in [-0.15, -0.1) is 5.10 Å². The van der Waals surface area contributed by atoms with E-state index in [1.807, 2.05) is 0 Å². The minimum absolute atomic E-state index is 0.0209. The number of amides is 1. The summed E-state index contributed by atoms with van der Waals surface area (Å²) in [4.78, 5) is 13.6. The lowest BCUT2D eigenvalue weighted by molar-refractivity contribution is -0.129. The van der Waals surface area contributed by atoms with Crippen LogP contribution in [0.4, 0.5) is 0 Å². The smallest absolute Gasteiger partial charge is 0.260 e. The zero-order chi connectivity index (χ0) is 14.8. The van der Waals surface area contributed by atoms with Crippen LogP contribution in [-0.4, -0.2) is 53.9 Å². The highest BCUT2D eigenvalue weighted by Gasteiger charge is 2.24. The fraction of sp³-hybridized carbons (Fsp3) is 0.700. The summed E-state index contributed by atoms with van der Waals surface area (Å²) in [5.74, 6) is -0.0209. The Bertz CT molecular complexity index is 575. The molecule has 1 saturated heterocycles. The van der Waals surface area contributed by atoms with Gasteiger partial charge in [-0.2, -0.15) is 0 Å². The number of rotatable bonds is 5. The highest BCUT2D eigenvalue weighted by atomic mass is 79.9. The van der Waals surface area contributed by atoms with Crippen LogP contribution in [0.3, 0.4) is 0 Å². The van der Waals surface area contributed by atoms with Crippen LogP contribution < -0.4 is 4.72 Å². The maximum atomic E-state index is 12.1. The number of carbonyl (C=O) groups excluding carboxylic acids is 1. The van der Waals surface area contributed by atoms with Crippen molar-refractivity contribution < 1.29 is 13.2 Å². The third-order valence-electron chi connectivity index (χ3n) is 3.08. The lowest BCUT2D eigenvalue weighted by atomic mass is 10.4. The molecule has 10 heteroatoms. The molecule has 112 valence electrons. The number of nitrogens with one attached hydrogen (secondary N) is 1. The monoisotopic (exact) mass is 365 g/mol. The lowest BCUT2D eigenvalue weighted by Gasteiger charge is -2.15. The number of sulfonamides is 1. The predicted octanol–water partition coefficient (Wildman–Crippen LogP) is -0.132. The summed E-state index contributed by atoms with van der Waals surface area (Å²) >= 11 is 3.04. The molecule has 1 N–H and O–H groups in total. The van der Waals surface area contributed by atoms with E-state index in [-0.39, 0.29) is 28.5 Å².